The van der Waals surface area contributed by atoms with Crippen LogP contribution in [-0.4, -0.2) is 29.8 Å². The van der Waals surface area contributed by atoms with Gasteiger partial charge in [-0.25, -0.2) is 8.78 Å². The van der Waals surface area contributed by atoms with Gasteiger partial charge in [0.1, 0.15) is 6.54 Å². The van der Waals surface area contributed by atoms with Crippen LogP contribution < -0.4 is 10.6 Å². The molecule has 1 saturated carbocycles. The Balaban J connectivity index is 1.85. The van der Waals surface area contributed by atoms with E-state index in [4.69, 9.17) is 5.26 Å². The van der Waals surface area contributed by atoms with Gasteiger partial charge in [-0.1, -0.05) is 48.9 Å². The Morgan fingerprint density at radius 2 is 1.59 bits per heavy atom. The number of hydrogen-bond donors (Lipinski definition) is 2. The zero-order chi connectivity index (χ0) is 20.9. The van der Waals surface area contributed by atoms with Gasteiger partial charge in [0, 0.05) is 12.0 Å². The second-order valence-corrected chi connectivity index (χ2v) is 7.06. The van der Waals surface area contributed by atoms with Crippen molar-refractivity contribution in [2.24, 2.45) is 0 Å². The molecule has 1 atom stereocenters. The van der Waals surface area contributed by atoms with Crippen LogP contribution in [0.2, 0.25) is 0 Å². The van der Waals surface area contributed by atoms with Gasteiger partial charge in [-0.05, 0) is 36.1 Å². The first-order valence-corrected chi connectivity index (χ1v) is 9.41. The van der Waals surface area contributed by atoms with Gasteiger partial charge in [0.15, 0.2) is 5.54 Å². The highest BCUT2D eigenvalue weighted by Crippen LogP contribution is 2.42. The molecule has 0 aliphatic heterocycles. The van der Waals surface area contributed by atoms with E-state index in [2.05, 4.69) is 10.6 Å². The van der Waals surface area contributed by atoms with Crippen LogP contribution in [0.25, 0.3) is 11.1 Å². The highest BCUT2D eigenvalue weighted by molar-refractivity contribution is 6.00. The first-order valence-electron chi connectivity index (χ1n) is 9.41. The molecule has 3 rings (SSSR count). The van der Waals surface area contributed by atoms with Crippen LogP contribution in [-0.2, 0) is 4.79 Å². The number of carbonyl (C=O) groups excluding carboxylic acids is 2. The number of alkyl halides is 2. The largest absolute Gasteiger partial charge is 0.341 e. The van der Waals surface area contributed by atoms with Crippen molar-refractivity contribution in [3.63, 3.8) is 0 Å². The van der Waals surface area contributed by atoms with Crippen LogP contribution in [0.1, 0.15) is 36.0 Å². The van der Waals surface area contributed by atoms with E-state index < -0.39 is 36.2 Å². The van der Waals surface area contributed by atoms with Crippen molar-refractivity contribution in [1.82, 2.24) is 10.6 Å². The van der Waals surface area contributed by atoms with Crippen molar-refractivity contribution in [3.05, 3.63) is 60.2 Å². The molecule has 1 aliphatic carbocycles. The van der Waals surface area contributed by atoms with E-state index in [1.807, 2.05) is 30.3 Å². The molecule has 1 aliphatic rings. The van der Waals surface area contributed by atoms with Gasteiger partial charge < -0.3 is 10.6 Å². The molecule has 0 aromatic heterocycles. The Kier molecular flexibility index (Phi) is 5.92. The second-order valence-electron chi connectivity index (χ2n) is 7.06. The van der Waals surface area contributed by atoms with Crippen LogP contribution in [0.4, 0.5) is 8.78 Å². The predicted octanol–water partition coefficient (Wildman–Crippen LogP) is 3.67. The summed E-state index contributed by atoms with van der Waals surface area (Å²) in [7, 11) is 0. The molecule has 1 fully saturated rings. The first-order chi connectivity index (χ1) is 13.9. The SMILES string of the molecule is N#CCNC(=O)C1(NC(=O)c2ccc(-c3ccccc3)cc2)CCCCC1(F)F. The Hall–Kier alpha value is -3.27. The molecule has 2 amide bonds. The van der Waals surface area contributed by atoms with Crippen molar-refractivity contribution in [3.8, 4) is 17.2 Å². The molecule has 29 heavy (non-hydrogen) atoms. The van der Waals surface area contributed by atoms with Gasteiger partial charge in [-0.3, -0.25) is 9.59 Å². The summed E-state index contributed by atoms with van der Waals surface area (Å²) in [5.41, 5.74) is -0.340. The molecular formula is C22H21F2N3O2. The van der Waals surface area contributed by atoms with Gasteiger partial charge >= 0.3 is 0 Å². The zero-order valence-corrected chi connectivity index (χ0v) is 15.8. The number of halogens is 2. The summed E-state index contributed by atoms with van der Waals surface area (Å²) in [6.45, 7) is -0.404. The number of nitrogens with zero attached hydrogens (tertiary/aromatic N) is 1. The Labute approximate surface area is 167 Å². The number of benzene rings is 2. The van der Waals surface area contributed by atoms with Gasteiger partial charge in [0.25, 0.3) is 17.7 Å². The average Bonchev–Trinajstić information content (AvgIpc) is 2.74. The summed E-state index contributed by atoms with van der Waals surface area (Å²) in [6.07, 6.45) is -0.0456. The van der Waals surface area contributed by atoms with Crippen LogP contribution in [0.5, 0.6) is 0 Å². The number of nitrogens with one attached hydrogen (secondary N) is 2. The minimum Gasteiger partial charge on any atom is -0.341 e. The Morgan fingerprint density at radius 3 is 2.21 bits per heavy atom. The van der Waals surface area contributed by atoms with E-state index in [0.29, 0.717) is 6.42 Å². The van der Waals surface area contributed by atoms with Crippen molar-refractivity contribution in [1.29, 1.82) is 5.26 Å². The predicted molar refractivity (Wildman–Crippen MR) is 104 cm³/mol. The lowest BCUT2D eigenvalue weighted by molar-refractivity contribution is -0.155. The van der Waals surface area contributed by atoms with E-state index >= 15 is 0 Å². The molecule has 2 aromatic rings. The molecule has 0 saturated heterocycles. The lowest BCUT2D eigenvalue weighted by Crippen LogP contribution is -2.69. The highest BCUT2D eigenvalue weighted by Gasteiger charge is 2.60. The normalized spacial score (nSPS) is 20.3. The summed E-state index contributed by atoms with van der Waals surface area (Å²) < 4.78 is 29.6. The fourth-order valence-electron chi connectivity index (χ4n) is 3.61. The molecule has 0 spiro atoms. The maximum Gasteiger partial charge on any atom is 0.279 e. The van der Waals surface area contributed by atoms with E-state index in [1.54, 1.807) is 30.3 Å². The third-order valence-corrected chi connectivity index (χ3v) is 5.21. The lowest BCUT2D eigenvalue weighted by atomic mass is 9.77. The standard InChI is InChI=1S/C22H21F2N3O2/c23-22(24)13-5-4-12-21(22,20(29)26-15-14-25)27-19(28)18-10-8-17(9-11-18)16-6-2-1-3-7-16/h1-3,6-11H,4-5,12-13,15H2,(H,26,29)(H,27,28). The second kappa shape index (κ2) is 8.39. The van der Waals surface area contributed by atoms with Crippen molar-refractivity contribution in [2.75, 3.05) is 6.54 Å². The van der Waals surface area contributed by atoms with Crippen LogP contribution in [0, 0.1) is 11.3 Å². The van der Waals surface area contributed by atoms with Gasteiger partial charge in [0.05, 0.1) is 6.07 Å². The smallest absolute Gasteiger partial charge is 0.279 e. The quantitative estimate of drug-likeness (QED) is 0.756. The summed E-state index contributed by atoms with van der Waals surface area (Å²) in [5.74, 6) is -5.19. The Bertz CT molecular complexity index is 923. The maximum atomic E-state index is 14.8. The molecule has 0 heterocycles. The van der Waals surface area contributed by atoms with E-state index in [9.17, 15) is 18.4 Å². The average molecular weight is 397 g/mol. The van der Waals surface area contributed by atoms with Crippen molar-refractivity contribution >= 4 is 11.8 Å². The molecule has 0 bridgehead atoms. The molecule has 2 N–H and O–H groups in total. The van der Waals surface area contributed by atoms with E-state index in [-0.39, 0.29) is 18.4 Å². The summed E-state index contributed by atoms with van der Waals surface area (Å²) in [5, 5.41) is 13.2. The van der Waals surface area contributed by atoms with Crippen LogP contribution >= 0.6 is 0 Å². The van der Waals surface area contributed by atoms with E-state index in [1.165, 1.54) is 0 Å². The van der Waals surface area contributed by atoms with Crippen molar-refractivity contribution < 1.29 is 18.4 Å². The summed E-state index contributed by atoms with van der Waals surface area (Å²) >= 11 is 0. The molecule has 0 radical (unpaired) electrons. The molecule has 7 heteroatoms. The van der Waals surface area contributed by atoms with Gasteiger partial charge in [-0.15, -0.1) is 0 Å². The molecule has 150 valence electrons. The monoisotopic (exact) mass is 397 g/mol. The minimum absolute atomic E-state index is 0.179. The minimum atomic E-state index is -3.41. The Morgan fingerprint density at radius 1 is 0.966 bits per heavy atom. The number of carbonyl (C=O) groups is 2. The van der Waals surface area contributed by atoms with Gasteiger partial charge in [0.2, 0.25) is 0 Å². The molecule has 2 aromatic carbocycles. The molecular weight excluding hydrogens is 376 g/mol. The third-order valence-electron chi connectivity index (χ3n) is 5.21. The van der Waals surface area contributed by atoms with Crippen LogP contribution in [0.3, 0.4) is 0 Å². The number of rotatable bonds is 5. The lowest BCUT2D eigenvalue weighted by Gasteiger charge is -2.42. The fourth-order valence-corrected chi connectivity index (χ4v) is 3.61. The third kappa shape index (κ3) is 4.11. The molecule has 1 unspecified atom stereocenters. The number of nitriles is 1. The number of hydrogen-bond acceptors (Lipinski definition) is 3. The van der Waals surface area contributed by atoms with Crippen molar-refractivity contribution in [2.45, 2.75) is 37.1 Å². The zero-order valence-electron chi connectivity index (χ0n) is 15.8. The van der Waals surface area contributed by atoms with Crippen LogP contribution in [0.15, 0.2) is 54.6 Å². The van der Waals surface area contributed by atoms with E-state index in [0.717, 1.165) is 11.1 Å². The number of amides is 2. The first kappa shape index (κ1) is 20.5. The fraction of sp³-hybridized carbons (Fsp3) is 0.318. The molecule has 5 nitrogen and oxygen atoms in total. The topological polar surface area (TPSA) is 82.0 Å². The van der Waals surface area contributed by atoms with Gasteiger partial charge in [-0.2, -0.15) is 5.26 Å². The maximum absolute atomic E-state index is 14.8. The summed E-state index contributed by atoms with van der Waals surface area (Å²) in [6, 6.07) is 17.8. The highest BCUT2D eigenvalue weighted by atomic mass is 19.3. The summed E-state index contributed by atoms with van der Waals surface area (Å²) in [4.78, 5) is 25.3.